The molecule has 0 radical (unpaired) electrons. The summed E-state index contributed by atoms with van der Waals surface area (Å²) in [5, 5.41) is 14.7. The highest BCUT2D eigenvalue weighted by molar-refractivity contribution is 5.87. The third-order valence-electron chi connectivity index (χ3n) is 3.84. The van der Waals surface area contributed by atoms with Crippen molar-refractivity contribution in [2.75, 3.05) is 33.2 Å². The van der Waals surface area contributed by atoms with E-state index in [9.17, 15) is 19.5 Å². The summed E-state index contributed by atoms with van der Waals surface area (Å²) in [6.45, 7) is 2.30. The van der Waals surface area contributed by atoms with Crippen LogP contribution in [0.4, 0.5) is 4.79 Å². The maximum atomic E-state index is 12.5. The second kappa shape index (κ2) is 6.40. The minimum Gasteiger partial charge on any atom is -0.389 e. The van der Waals surface area contributed by atoms with Crippen LogP contribution in [-0.2, 0) is 9.59 Å². The fourth-order valence-corrected chi connectivity index (χ4v) is 2.74. The van der Waals surface area contributed by atoms with Crippen LogP contribution in [0.2, 0.25) is 0 Å². The van der Waals surface area contributed by atoms with Gasteiger partial charge in [0.1, 0.15) is 5.78 Å². The van der Waals surface area contributed by atoms with Crippen LogP contribution in [0.15, 0.2) is 0 Å². The number of urea groups is 1. The summed E-state index contributed by atoms with van der Waals surface area (Å²) in [7, 11) is 1.88. The van der Waals surface area contributed by atoms with Gasteiger partial charge in [0, 0.05) is 0 Å². The van der Waals surface area contributed by atoms with E-state index in [1.54, 1.807) is 0 Å². The molecule has 8 heteroatoms. The number of aliphatic hydroxyl groups is 1. The van der Waals surface area contributed by atoms with Gasteiger partial charge in [-0.15, -0.1) is 0 Å². The molecule has 2 unspecified atom stereocenters. The Kier molecular flexibility index (Phi) is 4.79. The number of aliphatic hydroxyl groups excluding tert-OH is 1. The third-order valence-corrected chi connectivity index (χ3v) is 3.84. The van der Waals surface area contributed by atoms with Crippen LogP contribution in [0.5, 0.6) is 0 Å². The molecule has 2 aliphatic rings. The summed E-state index contributed by atoms with van der Waals surface area (Å²) in [6.07, 6.45) is 0.939. The molecule has 0 aliphatic carbocycles. The highest BCUT2D eigenvalue weighted by atomic mass is 16.3. The molecule has 2 saturated heterocycles. The number of hydrogen-bond acceptors (Lipinski definition) is 5. The van der Waals surface area contributed by atoms with E-state index in [0.29, 0.717) is 0 Å². The zero-order chi connectivity index (χ0) is 15.6. The lowest BCUT2D eigenvalue weighted by Crippen LogP contribution is -2.54. The molecule has 0 bridgehead atoms. The molecule has 0 aromatic rings. The molecule has 0 spiro atoms. The number of hydrogen-bond donors (Lipinski definition) is 2. The Balaban J connectivity index is 2.03. The Morgan fingerprint density at radius 2 is 1.90 bits per heavy atom. The molecule has 2 atom stereocenters. The Labute approximate surface area is 123 Å². The number of Topliss-reactive ketones (excluding diaryl/α,β-unsaturated/α-hetero) is 1. The van der Waals surface area contributed by atoms with Crippen molar-refractivity contribution in [3.8, 4) is 0 Å². The van der Waals surface area contributed by atoms with Crippen LogP contribution >= 0.6 is 0 Å². The summed E-state index contributed by atoms with van der Waals surface area (Å²) in [4.78, 5) is 37.5. The van der Waals surface area contributed by atoms with Gasteiger partial charge in [-0.3, -0.25) is 14.5 Å². The molecule has 2 rings (SSSR count). The Hall–Kier alpha value is -1.67. The molecular formula is C13H22N4O4. The minimum atomic E-state index is -0.760. The third kappa shape index (κ3) is 3.51. The first-order valence-electron chi connectivity index (χ1n) is 7.14. The predicted octanol–water partition coefficient (Wildman–Crippen LogP) is -1.20. The zero-order valence-corrected chi connectivity index (χ0v) is 12.4. The lowest BCUT2D eigenvalue weighted by Gasteiger charge is -2.31. The second-order valence-electron chi connectivity index (χ2n) is 5.66. The van der Waals surface area contributed by atoms with Crippen molar-refractivity contribution < 1.29 is 19.5 Å². The van der Waals surface area contributed by atoms with Crippen molar-refractivity contribution in [2.24, 2.45) is 0 Å². The van der Waals surface area contributed by atoms with E-state index in [1.165, 1.54) is 16.9 Å². The van der Waals surface area contributed by atoms with Crippen molar-refractivity contribution in [3.63, 3.8) is 0 Å². The molecule has 0 aromatic heterocycles. The van der Waals surface area contributed by atoms with Crippen molar-refractivity contribution in [1.29, 1.82) is 0 Å². The first-order chi connectivity index (χ1) is 9.90. The number of likely N-dealkylation sites (tertiary alicyclic amines) is 1. The summed E-state index contributed by atoms with van der Waals surface area (Å²) >= 11 is 0. The number of β-amino-alcohol motifs (C(OH)–C–C–N with tert-alkyl or cyclic N) is 1. The second-order valence-corrected chi connectivity index (χ2v) is 5.66. The van der Waals surface area contributed by atoms with Gasteiger partial charge in [0.15, 0.2) is 0 Å². The topological polar surface area (TPSA) is 93.2 Å². The normalized spacial score (nSPS) is 26.2. The molecular weight excluding hydrogens is 276 g/mol. The average molecular weight is 298 g/mol. The average Bonchev–Trinajstić information content (AvgIpc) is 3.01. The summed E-state index contributed by atoms with van der Waals surface area (Å²) in [5.41, 5.74) is 0. The largest absolute Gasteiger partial charge is 0.389 e. The van der Waals surface area contributed by atoms with Gasteiger partial charge in [0.05, 0.1) is 31.8 Å². The molecule has 2 N–H and O–H groups in total. The molecule has 2 heterocycles. The monoisotopic (exact) mass is 298 g/mol. The molecule has 2 aliphatic heterocycles. The van der Waals surface area contributed by atoms with Gasteiger partial charge in [-0.1, -0.05) is 0 Å². The minimum absolute atomic E-state index is 0.0614. The Morgan fingerprint density at radius 3 is 2.48 bits per heavy atom. The van der Waals surface area contributed by atoms with E-state index >= 15 is 0 Å². The molecule has 21 heavy (non-hydrogen) atoms. The van der Waals surface area contributed by atoms with Crippen LogP contribution in [0.25, 0.3) is 0 Å². The number of nitrogens with one attached hydrogen (secondary N) is 1. The van der Waals surface area contributed by atoms with E-state index in [2.05, 4.69) is 5.32 Å². The lowest BCUT2D eigenvalue weighted by molar-refractivity contribution is -0.144. The van der Waals surface area contributed by atoms with Crippen molar-refractivity contribution in [3.05, 3.63) is 0 Å². The highest BCUT2D eigenvalue weighted by Gasteiger charge is 2.40. The van der Waals surface area contributed by atoms with E-state index < -0.39 is 12.1 Å². The number of rotatable bonds is 3. The smallest absolute Gasteiger partial charge is 0.336 e. The van der Waals surface area contributed by atoms with Crippen molar-refractivity contribution in [1.82, 2.24) is 20.2 Å². The molecule has 8 nitrogen and oxygen atoms in total. The van der Waals surface area contributed by atoms with Crippen molar-refractivity contribution in [2.45, 2.75) is 31.9 Å². The van der Waals surface area contributed by atoms with E-state index in [4.69, 9.17) is 0 Å². The standard InChI is InChI=1S/C13H22N4O4/c1-9(18)6-14-13(21)17-8-10(19)7-16(17)12(20)11-4-3-5-15(11)2/h10-11,19H,3-8H2,1-2H3,(H,14,21). The summed E-state index contributed by atoms with van der Waals surface area (Å²) < 4.78 is 0. The fraction of sp³-hybridized carbons (Fsp3) is 0.769. The van der Waals surface area contributed by atoms with E-state index in [-0.39, 0.29) is 37.4 Å². The molecule has 3 amide bonds. The number of carbonyl (C=O) groups is 3. The fourth-order valence-electron chi connectivity index (χ4n) is 2.74. The van der Waals surface area contributed by atoms with Gasteiger partial charge in [0.2, 0.25) is 0 Å². The van der Waals surface area contributed by atoms with Gasteiger partial charge in [-0.25, -0.2) is 14.8 Å². The molecule has 0 aromatic carbocycles. The van der Waals surface area contributed by atoms with E-state index in [0.717, 1.165) is 19.4 Å². The summed E-state index contributed by atoms with van der Waals surface area (Å²) in [6, 6.07) is -0.783. The Bertz CT molecular complexity index is 442. The van der Waals surface area contributed by atoms with Gasteiger partial charge in [-0.2, -0.15) is 0 Å². The van der Waals surface area contributed by atoms with Crippen LogP contribution in [-0.4, -0.2) is 83.1 Å². The number of likely N-dealkylation sites (N-methyl/N-ethyl adjacent to an activating group) is 1. The maximum Gasteiger partial charge on any atom is 0.336 e. The number of amides is 3. The first-order valence-corrected chi connectivity index (χ1v) is 7.14. The highest BCUT2D eigenvalue weighted by Crippen LogP contribution is 2.21. The number of ketones is 1. The molecule has 0 saturated carbocycles. The van der Waals surface area contributed by atoms with Gasteiger partial charge >= 0.3 is 6.03 Å². The lowest BCUT2D eigenvalue weighted by atomic mass is 10.2. The predicted molar refractivity (Wildman–Crippen MR) is 74.2 cm³/mol. The van der Waals surface area contributed by atoms with Crippen LogP contribution in [0, 0.1) is 0 Å². The zero-order valence-electron chi connectivity index (χ0n) is 12.4. The van der Waals surface area contributed by atoms with E-state index in [1.807, 2.05) is 11.9 Å². The SMILES string of the molecule is CC(=O)CNC(=O)N1CC(O)CN1C(=O)C1CCCN1C. The first kappa shape index (κ1) is 15.7. The number of hydrazine groups is 1. The van der Waals surface area contributed by atoms with Gasteiger partial charge in [-0.05, 0) is 33.4 Å². The maximum absolute atomic E-state index is 12.5. The summed E-state index contributed by atoms with van der Waals surface area (Å²) in [5.74, 6) is -0.346. The quantitative estimate of drug-likeness (QED) is 0.682. The van der Waals surface area contributed by atoms with Crippen LogP contribution in [0.3, 0.4) is 0 Å². The van der Waals surface area contributed by atoms with Crippen LogP contribution in [0.1, 0.15) is 19.8 Å². The number of carbonyl (C=O) groups excluding carboxylic acids is 3. The van der Waals surface area contributed by atoms with Gasteiger partial charge < -0.3 is 10.4 Å². The van der Waals surface area contributed by atoms with Crippen molar-refractivity contribution >= 4 is 17.7 Å². The molecule has 2 fully saturated rings. The van der Waals surface area contributed by atoms with Crippen LogP contribution < -0.4 is 5.32 Å². The van der Waals surface area contributed by atoms with Gasteiger partial charge in [0.25, 0.3) is 5.91 Å². The Morgan fingerprint density at radius 1 is 1.24 bits per heavy atom. The molecule has 118 valence electrons. The number of nitrogens with zero attached hydrogens (tertiary/aromatic N) is 3.